The molecule has 1 aliphatic rings. The second-order valence-electron chi connectivity index (χ2n) is 7.33. The van der Waals surface area contributed by atoms with Gasteiger partial charge in [0.25, 0.3) is 15.9 Å². The molecule has 30 heavy (non-hydrogen) atoms. The number of nitrogens with zero attached hydrogens (tertiary/aromatic N) is 3. The Hall–Kier alpha value is -2.68. The molecule has 7 nitrogen and oxygen atoms in total. The maximum Gasteiger partial charge on any atom is 0.262 e. The highest BCUT2D eigenvalue weighted by Crippen LogP contribution is 2.33. The second kappa shape index (κ2) is 8.22. The van der Waals surface area contributed by atoms with Crippen LogP contribution in [0.5, 0.6) is 0 Å². The van der Waals surface area contributed by atoms with Crippen molar-refractivity contribution in [2.75, 3.05) is 13.1 Å². The highest BCUT2D eigenvalue weighted by molar-refractivity contribution is 7.89. The van der Waals surface area contributed by atoms with Crippen LogP contribution in [0.3, 0.4) is 0 Å². The predicted octanol–water partition coefficient (Wildman–Crippen LogP) is 2.87. The normalized spacial score (nSPS) is 16.1. The van der Waals surface area contributed by atoms with Gasteiger partial charge in [0, 0.05) is 42.8 Å². The van der Waals surface area contributed by atoms with Crippen molar-refractivity contribution in [3.8, 4) is 0 Å². The molecule has 1 aromatic heterocycles. The number of hydrogen-bond acceptors (Lipinski definition) is 4. The van der Waals surface area contributed by atoms with E-state index in [-0.39, 0.29) is 22.9 Å². The first kappa shape index (κ1) is 20.6. The molecule has 2 heterocycles. The number of aryl methyl sites for hydroxylation is 1. The van der Waals surface area contributed by atoms with Gasteiger partial charge in [-0.2, -0.15) is 4.31 Å². The van der Waals surface area contributed by atoms with E-state index in [0.717, 1.165) is 5.56 Å². The summed E-state index contributed by atoms with van der Waals surface area (Å²) in [5.74, 6) is -0.284. The molecule has 1 saturated heterocycles. The molecule has 2 aromatic carbocycles. The minimum Gasteiger partial charge on any atom is -0.345 e. The van der Waals surface area contributed by atoms with Gasteiger partial charge in [-0.05, 0) is 29.8 Å². The molecule has 4 rings (SSSR count). The average Bonchev–Trinajstić information content (AvgIpc) is 3.14. The van der Waals surface area contributed by atoms with Crippen LogP contribution in [-0.4, -0.2) is 41.3 Å². The van der Waals surface area contributed by atoms with Crippen LogP contribution in [0.25, 0.3) is 0 Å². The van der Waals surface area contributed by atoms with Crippen molar-refractivity contribution in [3.63, 3.8) is 0 Å². The van der Waals surface area contributed by atoms with Gasteiger partial charge in [-0.25, -0.2) is 13.4 Å². The Morgan fingerprint density at radius 1 is 1.13 bits per heavy atom. The Labute approximate surface area is 180 Å². The number of sulfonamides is 1. The third-order valence-electron chi connectivity index (χ3n) is 5.18. The Kier molecular flexibility index (Phi) is 5.64. The smallest absolute Gasteiger partial charge is 0.262 e. The largest absolute Gasteiger partial charge is 0.345 e. The van der Waals surface area contributed by atoms with Gasteiger partial charge in [0.15, 0.2) is 5.03 Å². The Bertz CT molecular complexity index is 1140. The van der Waals surface area contributed by atoms with Crippen LogP contribution in [0.4, 0.5) is 0 Å². The van der Waals surface area contributed by atoms with Crippen LogP contribution in [-0.2, 0) is 17.1 Å². The van der Waals surface area contributed by atoms with Crippen LogP contribution >= 0.6 is 11.6 Å². The van der Waals surface area contributed by atoms with Gasteiger partial charge in [0.05, 0.1) is 12.4 Å². The molecule has 156 valence electrons. The van der Waals surface area contributed by atoms with Gasteiger partial charge < -0.3 is 9.88 Å². The van der Waals surface area contributed by atoms with Gasteiger partial charge in [0.2, 0.25) is 0 Å². The van der Waals surface area contributed by atoms with Gasteiger partial charge in [0.1, 0.15) is 0 Å². The topological polar surface area (TPSA) is 84.3 Å². The SMILES string of the molecule is Cn1cnc(S(=O)(=O)N2CC(C(NC(=O)c3ccc(Cl)cc3)c3ccccc3)C2)c1. The maximum atomic E-state index is 12.8. The molecule has 1 fully saturated rings. The van der Waals surface area contributed by atoms with E-state index in [2.05, 4.69) is 10.3 Å². The highest BCUT2D eigenvalue weighted by Gasteiger charge is 2.42. The first-order valence-electron chi connectivity index (χ1n) is 9.44. The number of carbonyl (C=O) groups excluding carboxylic acids is 1. The number of halogens is 1. The lowest BCUT2D eigenvalue weighted by Crippen LogP contribution is -2.54. The van der Waals surface area contributed by atoms with Gasteiger partial charge in [-0.15, -0.1) is 0 Å². The Balaban J connectivity index is 1.52. The van der Waals surface area contributed by atoms with Crippen LogP contribution in [0.1, 0.15) is 22.0 Å². The number of benzene rings is 2. The van der Waals surface area contributed by atoms with Crippen LogP contribution in [0.15, 0.2) is 72.1 Å². The zero-order chi connectivity index (χ0) is 21.3. The number of carbonyl (C=O) groups is 1. The van der Waals surface area contributed by atoms with Gasteiger partial charge in [-0.3, -0.25) is 4.79 Å². The van der Waals surface area contributed by atoms with Crippen LogP contribution in [0, 0.1) is 5.92 Å². The van der Waals surface area contributed by atoms with Crippen molar-refractivity contribution in [1.29, 1.82) is 0 Å². The maximum absolute atomic E-state index is 12.8. The molecule has 1 N–H and O–H groups in total. The minimum absolute atomic E-state index is 0.0323. The fourth-order valence-corrected chi connectivity index (χ4v) is 5.14. The molecular formula is C21H21ClN4O3S. The molecule has 3 aromatic rings. The molecule has 0 aliphatic carbocycles. The van der Waals surface area contributed by atoms with E-state index in [9.17, 15) is 13.2 Å². The summed E-state index contributed by atoms with van der Waals surface area (Å²) >= 11 is 5.91. The number of aromatic nitrogens is 2. The minimum atomic E-state index is -3.64. The Morgan fingerprint density at radius 2 is 1.80 bits per heavy atom. The molecule has 0 spiro atoms. The van der Waals surface area contributed by atoms with E-state index in [1.807, 2.05) is 30.3 Å². The van der Waals surface area contributed by atoms with E-state index in [4.69, 9.17) is 11.6 Å². The van der Waals surface area contributed by atoms with Crippen LogP contribution < -0.4 is 5.32 Å². The standard InChI is InChI=1S/C21H21ClN4O3S/c1-25-13-19(23-14-25)30(28,29)26-11-17(12-26)20(15-5-3-2-4-6-15)24-21(27)16-7-9-18(22)10-8-16/h2-10,13-14,17,20H,11-12H2,1H3,(H,24,27). The summed E-state index contributed by atoms with van der Waals surface area (Å²) in [5, 5.41) is 3.65. The quantitative estimate of drug-likeness (QED) is 0.633. The highest BCUT2D eigenvalue weighted by atomic mass is 35.5. The molecular weight excluding hydrogens is 424 g/mol. The Morgan fingerprint density at radius 3 is 2.40 bits per heavy atom. The van der Waals surface area contributed by atoms with Gasteiger partial charge >= 0.3 is 0 Å². The summed E-state index contributed by atoms with van der Waals surface area (Å²) in [6.07, 6.45) is 2.95. The molecule has 0 radical (unpaired) electrons. The lowest BCUT2D eigenvalue weighted by Gasteiger charge is -2.42. The van der Waals surface area contributed by atoms with Crippen molar-refractivity contribution in [2.24, 2.45) is 13.0 Å². The summed E-state index contributed by atoms with van der Waals surface area (Å²) < 4.78 is 28.5. The number of imidazole rings is 1. The third kappa shape index (κ3) is 4.12. The molecule has 1 amide bonds. The first-order chi connectivity index (χ1) is 14.3. The number of amides is 1. The van der Waals surface area contributed by atoms with Crippen LogP contribution in [0.2, 0.25) is 5.02 Å². The number of rotatable bonds is 6. The summed E-state index contributed by atoms with van der Waals surface area (Å²) in [5.41, 5.74) is 1.43. The molecule has 0 bridgehead atoms. The molecule has 9 heteroatoms. The summed E-state index contributed by atoms with van der Waals surface area (Å²) in [6.45, 7) is 0.610. The fraction of sp³-hybridized carbons (Fsp3) is 0.238. The van der Waals surface area contributed by atoms with E-state index in [1.54, 1.807) is 35.9 Å². The summed E-state index contributed by atoms with van der Waals surface area (Å²) in [7, 11) is -1.92. The lowest BCUT2D eigenvalue weighted by atomic mass is 9.88. The fourth-order valence-electron chi connectivity index (χ4n) is 3.49. The number of hydrogen-bond donors (Lipinski definition) is 1. The van der Waals surface area contributed by atoms with E-state index in [1.165, 1.54) is 16.8 Å². The molecule has 1 unspecified atom stereocenters. The monoisotopic (exact) mass is 444 g/mol. The molecule has 1 atom stereocenters. The van der Waals surface area contributed by atoms with Crippen molar-refractivity contribution in [2.45, 2.75) is 11.1 Å². The molecule has 1 aliphatic heterocycles. The van der Waals surface area contributed by atoms with E-state index < -0.39 is 10.0 Å². The zero-order valence-corrected chi connectivity index (χ0v) is 17.8. The number of nitrogens with one attached hydrogen (secondary N) is 1. The average molecular weight is 445 g/mol. The zero-order valence-electron chi connectivity index (χ0n) is 16.3. The van der Waals surface area contributed by atoms with Gasteiger partial charge in [-0.1, -0.05) is 41.9 Å². The lowest BCUT2D eigenvalue weighted by molar-refractivity contribution is 0.0871. The molecule has 0 saturated carbocycles. The summed E-state index contributed by atoms with van der Waals surface area (Å²) in [4.78, 5) is 16.8. The van der Waals surface area contributed by atoms with E-state index >= 15 is 0 Å². The van der Waals surface area contributed by atoms with Crippen molar-refractivity contribution in [1.82, 2.24) is 19.2 Å². The van der Waals surface area contributed by atoms with E-state index in [0.29, 0.717) is 23.7 Å². The first-order valence-corrected chi connectivity index (χ1v) is 11.3. The second-order valence-corrected chi connectivity index (χ2v) is 9.65. The predicted molar refractivity (Wildman–Crippen MR) is 114 cm³/mol. The third-order valence-corrected chi connectivity index (χ3v) is 7.15. The van der Waals surface area contributed by atoms with Crippen molar-refractivity contribution < 1.29 is 13.2 Å². The van der Waals surface area contributed by atoms with Crippen molar-refractivity contribution >= 4 is 27.5 Å². The summed E-state index contributed by atoms with van der Waals surface area (Å²) in [6, 6.07) is 15.9. The van der Waals surface area contributed by atoms with Crippen molar-refractivity contribution in [3.05, 3.63) is 83.3 Å².